The maximum absolute atomic E-state index is 12.7. The first-order chi connectivity index (χ1) is 9.48. The van der Waals surface area contributed by atoms with E-state index in [1.807, 2.05) is 0 Å². The van der Waals surface area contributed by atoms with Crippen LogP contribution in [0.4, 0.5) is 26.3 Å². The fraction of sp³-hybridized carbons (Fsp3) is 0.417. The highest BCUT2D eigenvalue weighted by Crippen LogP contribution is 2.38. The first-order valence-corrected chi connectivity index (χ1v) is 5.77. The number of likely N-dealkylation sites (N-methyl/N-ethyl adjacent to an activating group) is 1. The number of rotatable bonds is 1. The lowest BCUT2D eigenvalue weighted by Gasteiger charge is -2.21. The Bertz CT molecular complexity index is 534. The molecule has 116 valence electrons. The third-order valence-corrected chi connectivity index (χ3v) is 3.06. The molecular formula is C12H10F6N2O. The summed E-state index contributed by atoms with van der Waals surface area (Å²) in [7, 11) is 1.43. The van der Waals surface area contributed by atoms with Gasteiger partial charge in [0.25, 0.3) is 0 Å². The maximum Gasteiger partial charge on any atom is 0.416 e. The van der Waals surface area contributed by atoms with Crippen molar-refractivity contribution in [1.82, 2.24) is 10.2 Å². The first-order valence-electron chi connectivity index (χ1n) is 5.77. The van der Waals surface area contributed by atoms with Crippen LogP contribution < -0.4 is 5.32 Å². The summed E-state index contributed by atoms with van der Waals surface area (Å²) in [5.74, 6) is -0.464. The number of halogens is 6. The molecule has 0 spiro atoms. The number of nitrogens with zero attached hydrogens (tertiary/aromatic N) is 1. The van der Waals surface area contributed by atoms with Gasteiger partial charge in [-0.3, -0.25) is 9.69 Å². The van der Waals surface area contributed by atoms with Crippen LogP contribution in [-0.4, -0.2) is 24.4 Å². The number of carbonyl (C=O) groups is 1. The van der Waals surface area contributed by atoms with Crippen LogP contribution in [0.25, 0.3) is 0 Å². The van der Waals surface area contributed by atoms with E-state index < -0.39 is 35.6 Å². The third kappa shape index (κ3) is 3.29. The summed E-state index contributed by atoms with van der Waals surface area (Å²) in [6.07, 6.45) is -10.8. The summed E-state index contributed by atoms with van der Waals surface area (Å²) in [6, 6.07) is 1.28. The molecule has 0 aromatic heterocycles. The van der Waals surface area contributed by atoms with Crippen LogP contribution in [0.3, 0.4) is 0 Å². The largest absolute Gasteiger partial charge is 0.416 e. The van der Waals surface area contributed by atoms with E-state index in [0.717, 1.165) is 0 Å². The Morgan fingerprint density at radius 3 is 1.86 bits per heavy atom. The lowest BCUT2D eigenvalue weighted by Crippen LogP contribution is -2.25. The minimum atomic E-state index is -4.91. The number of amides is 1. The number of nitrogens with one attached hydrogen (secondary N) is 1. The Hall–Kier alpha value is -1.77. The van der Waals surface area contributed by atoms with Gasteiger partial charge in [-0.1, -0.05) is 0 Å². The molecule has 0 bridgehead atoms. The Morgan fingerprint density at radius 1 is 1.05 bits per heavy atom. The molecule has 0 unspecified atom stereocenters. The van der Waals surface area contributed by atoms with E-state index >= 15 is 0 Å². The van der Waals surface area contributed by atoms with Gasteiger partial charge in [-0.25, -0.2) is 0 Å². The molecule has 1 N–H and O–H groups in total. The molecule has 0 radical (unpaired) electrons. The fourth-order valence-electron chi connectivity index (χ4n) is 2.10. The van der Waals surface area contributed by atoms with E-state index in [0.29, 0.717) is 12.1 Å². The molecule has 1 saturated heterocycles. The van der Waals surface area contributed by atoms with Crippen LogP contribution in [0.5, 0.6) is 0 Å². The van der Waals surface area contributed by atoms with Gasteiger partial charge < -0.3 is 5.32 Å². The van der Waals surface area contributed by atoms with Crippen molar-refractivity contribution in [1.29, 1.82) is 0 Å². The molecule has 1 aliphatic heterocycles. The first kappa shape index (κ1) is 15.6. The number of benzene rings is 1. The van der Waals surface area contributed by atoms with Gasteiger partial charge in [0.1, 0.15) is 6.17 Å². The second-order valence-corrected chi connectivity index (χ2v) is 4.72. The van der Waals surface area contributed by atoms with Crippen LogP contribution in [0, 0.1) is 0 Å². The summed E-state index contributed by atoms with van der Waals surface area (Å²) in [5, 5.41) is 2.33. The van der Waals surface area contributed by atoms with Crippen LogP contribution in [0.1, 0.15) is 22.9 Å². The van der Waals surface area contributed by atoms with Crippen molar-refractivity contribution >= 4 is 5.91 Å². The molecule has 1 aromatic rings. The zero-order valence-corrected chi connectivity index (χ0v) is 10.6. The topological polar surface area (TPSA) is 32.3 Å². The second kappa shape index (κ2) is 4.90. The van der Waals surface area contributed by atoms with Crippen LogP contribution in [0.15, 0.2) is 18.2 Å². The highest BCUT2D eigenvalue weighted by molar-refractivity contribution is 5.80. The number of hydrogen-bond donors (Lipinski definition) is 1. The molecule has 1 aromatic carbocycles. The Balaban J connectivity index is 2.53. The summed E-state index contributed by atoms with van der Waals surface area (Å²) in [6.45, 7) is -0.0950. The van der Waals surface area contributed by atoms with Crippen LogP contribution in [-0.2, 0) is 17.1 Å². The zero-order chi connectivity index (χ0) is 16.0. The van der Waals surface area contributed by atoms with E-state index in [4.69, 9.17) is 0 Å². The molecule has 1 amide bonds. The van der Waals surface area contributed by atoms with Crippen molar-refractivity contribution in [2.75, 3.05) is 13.6 Å². The number of alkyl halides is 6. The van der Waals surface area contributed by atoms with Gasteiger partial charge >= 0.3 is 12.4 Å². The molecule has 2 rings (SSSR count). The van der Waals surface area contributed by atoms with Gasteiger partial charge in [-0.15, -0.1) is 0 Å². The minimum Gasteiger partial charge on any atom is -0.335 e. The highest BCUT2D eigenvalue weighted by atomic mass is 19.4. The van der Waals surface area contributed by atoms with E-state index in [1.165, 1.54) is 11.9 Å². The lowest BCUT2D eigenvalue weighted by atomic mass is 10.0. The van der Waals surface area contributed by atoms with Gasteiger partial charge in [0.15, 0.2) is 0 Å². The fourth-order valence-corrected chi connectivity index (χ4v) is 2.10. The molecule has 9 heteroatoms. The minimum absolute atomic E-state index is 0.0558. The highest BCUT2D eigenvalue weighted by Gasteiger charge is 2.38. The quantitative estimate of drug-likeness (QED) is 0.809. The van der Waals surface area contributed by atoms with E-state index in [2.05, 4.69) is 5.32 Å². The van der Waals surface area contributed by atoms with Crippen molar-refractivity contribution in [3.63, 3.8) is 0 Å². The Morgan fingerprint density at radius 2 is 1.52 bits per heavy atom. The maximum atomic E-state index is 12.7. The molecule has 1 heterocycles. The smallest absolute Gasteiger partial charge is 0.335 e. The van der Waals surface area contributed by atoms with E-state index in [1.54, 1.807) is 0 Å². The summed E-state index contributed by atoms with van der Waals surface area (Å²) < 4.78 is 76.4. The number of hydrogen-bond acceptors (Lipinski definition) is 2. The third-order valence-electron chi connectivity index (χ3n) is 3.06. The molecular weight excluding hydrogens is 302 g/mol. The molecule has 3 nitrogen and oxygen atoms in total. The molecule has 1 atom stereocenters. The van der Waals surface area contributed by atoms with Gasteiger partial charge in [-0.2, -0.15) is 26.3 Å². The second-order valence-electron chi connectivity index (χ2n) is 4.72. The van der Waals surface area contributed by atoms with Crippen molar-refractivity contribution in [3.8, 4) is 0 Å². The monoisotopic (exact) mass is 312 g/mol. The predicted octanol–water partition coefficient (Wildman–Crippen LogP) is 2.78. The van der Waals surface area contributed by atoms with Crippen molar-refractivity contribution < 1.29 is 31.1 Å². The van der Waals surface area contributed by atoms with Crippen molar-refractivity contribution in [2.24, 2.45) is 0 Å². The van der Waals surface area contributed by atoms with Gasteiger partial charge in [-0.05, 0) is 30.8 Å². The average Bonchev–Trinajstić information content (AvgIpc) is 2.65. The average molecular weight is 312 g/mol. The van der Waals surface area contributed by atoms with Crippen LogP contribution >= 0.6 is 0 Å². The molecule has 1 aliphatic rings. The molecule has 1 fully saturated rings. The van der Waals surface area contributed by atoms with E-state index in [-0.39, 0.29) is 18.2 Å². The standard InChI is InChI=1S/C12H10F6N2O/c1-20-5-9(21)19-10(20)6-2-7(11(13,14)15)4-8(3-6)12(16,17)18/h2-4,10H,5H2,1H3,(H,19,21)/t10-/m1/s1. The Kier molecular flexibility index (Phi) is 3.64. The van der Waals surface area contributed by atoms with Gasteiger partial charge in [0.05, 0.1) is 17.7 Å². The van der Waals surface area contributed by atoms with Gasteiger partial charge in [0, 0.05) is 0 Å². The van der Waals surface area contributed by atoms with E-state index in [9.17, 15) is 31.1 Å². The summed E-state index contributed by atoms with van der Waals surface area (Å²) >= 11 is 0. The zero-order valence-electron chi connectivity index (χ0n) is 10.6. The Labute approximate surface area is 115 Å². The van der Waals surface area contributed by atoms with Gasteiger partial charge in [0.2, 0.25) is 5.91 Å². The van der Waals surface area contributed by atoms with Crippen molar-refractivity contribution in [3.05, 3.63) is 34.9 Å². The SMILES string of the molecule is CN1CC(=O)N[C@H]1c1cc(C(F)(F)F)cc(C(F)(F)F)c1. The molecule has 0 aliphatic carbocycles. The molecule has 0 saturated carbocycles. The normalized spacial score (nSPS) is 20.7. The summed E-state index contributed by atoms with van der Waals surface area (Å²) in [4.78, 5) is 12.5. The van der Waals surface area contributed by atoms with Crippen LogP contribution in [0.2, 0.25) is 0 Å². The lowest BCUT2D eigenvalue weighted by molar-refractivity contribution is -0.143. The van der Waals surface area contributed by atoms with Crippen molar-refractivity contribution in [2.45, 2.75) is 18.5 Å². The number of carbonyl (C=O) groups excluding carboxylic acids is 1. The summed E-state index contributed by atoms with van der Waals surface area (Å²) in [5.41, 5.74) is -3.06. The molecule has 21 heavy (non-hydrogen) atoms. The predicted molar refractivity (Wildman–Crippen MR) is 60.0 cm³/mol.